The quantitative estimate of drug-likeness (QED) is 0.875. The van der Waals surface area contributed by atoms with Crippen molar-refractivity contribution in [3.8, 4) is 0 Å². The van der Waals surface area contributed by atoms with Gasteiger partial charge in [-0.2, -0.15) is 0 Å². The van der Waals surface area contributed by atoms with Crippen molar-refractivity contribution in [3.05, 3.63) is 34.9 Å². The van der Waals surface area contributed by atoms with Crippen LogP contribution in [0.5, 0.6) is 0 Å². The van der Waals surface area contributed by atoms with Gasteiger partial charge in [-0.15, -0.1) is 0 Å². The van der Waals surface area contributed by atoms with Gasteiger partial charge in [0.1, 0.15) is 0 Å². The number of rotatable bonds is 5. The zero-order valence-corrected chi connectivity index (χ0v) is 13.4. The summed E-state index contributed by atoms with van der Waals surface area (Å²) >= 11 is 6.10. The topological polar surface area (TPSA) is 52.9 Å². The van der Waals surface area contributed by atoms with Gasteiger partial charge in [0.05, 0.1) is 24.4 Å². The molecule has 1 aromatic rings. The number of hydrogen-bond acceptors (Lipinski definition) is 4. The average Bonchev–Trinajstić information content (AvgIpc) is 2.43. The fourth-order valence-electron chi connectivity index (χ4n) is 2.89. The van der Waals surface area contributed by atoms with Crippen molar-refractivity contribution in [3.63, 3.8) is 0 Å². The third kappa shape index (κ3) is 4.66. The minimum atomic E-state index is -0.572. The summed E-state index contributed by atoms with van der Waals surface area (Å²) in [5.41, 5.74) is 0.492. The zero-order chi connectivity index (χ0) is 15.5. The molecule has 2 atom stereocenters. The molecular weight excluding hydrogens is 290 g/mol. The Morgan fingerprint density at radius 1 is 1.43 bits per heavy atom. The molecule has 1 aliphatic rings. The van der Waals surface area contributed by atoms with Crippen LogP contribution in [-0.2, 0) is 4.74 Å². The molecule has 1 aliphatic heterocycles. The molecule has 5 heteroatoms. The maximum atomic E-state index is 10.3. The van der Waals surface area contributed by atoms with Crippen molar-refractivity contribution >= 4 is 11.6 Å². The lowest BCUT2D eigenvalue weighted by molar-refractivity contribution is -0.149. The number of aliphatic hydroxyl groups excluding tert-OH is 2. The van der Waals surface area contributed by atoms with E-state index in [2.05, 4.69) is 4.90 Å². The third-order valence-electron chi connectivity index (χ3n) is 3.74. The van der Waals surface area contributed by atoms with Crippen LogP contribution in [0.25, 0.3) is 0 Å². The highest BCUT2D eigenvalue weighted by atomic mass is 35.5. The first kappa shape index (κ1) is 16.7. The first-order valence-electron chi connectivity index (χ1n) is 7.35. The van der Waals surface area contributed by atoms with Crippen LogP contribution >= 0.6 is 11.6 Å². The second kappa shape index (κ2) is 7.07. The smallest absolute Gasteiger partial charge is 0.0940 e. The molecule has 1 saturated heterocycles. The molecule has 0 aliphatic carbocycles. The second-order valence-corrected chi connectivity index (χ2v) is 6.65. The second-order valence-electron chi connectivity index (χ2n) is 6.24. The maximum Gasteiger partial charge on any atom is 0.0940 e. The number of benzene rings is 1. The zero-order valence-electron chi connectivity index (χ0n) is 12.6. The summed E-state index contributed by atoms with van der Waals surface area (Å²) in [7, 11) is 0. The van der Waals surface area contributed by atoms with Crippen LogP contribution in [0.2, 0.25) is 5.02 Å². The highest BCUT2D eigenvalue weighted by Crippen LogP contribution is 2.26. The Bertz CT molecular complexity index is 467. The molecule has 2 rings (SSSR count). The lowest BCUT2D eigenvalue weighted by Crippen LogP contribution is -2.54. The monoisotopic (exact) mass is 313 g/mol. The van der Waals surface area contributed by atoms with Crippen LogP contribution in [0.15, 0.2) is 24.3 Å². The van der Waals surface area contributed by atoms with E-state index in [4.69, 9.17) is 16.3 Å². The summed E-state index contributed by atoms with van der Waals surface area (Å²) < 4.78 is 5.79. The molecule has 0 bridgehead atoms. The number of ether oxygens (including phenoxy) is 1. The molecule has 2 N–H and O–H groups in total. The summed E-state index contributed by atoms with van der Waals surface area (Å²) in [6.45, 7) is 6.29. The van der Waals surface area contributed by atoms with Crippen LogP contribution in [0.4, 0.5) is 0 Å². The van der Waals surface area contributed by atoms with Crippen molar-refractivity contribution in [1.82, 2.24) is 4.90 Å². The molecule has 0 amide bonds. The van der Waals surface area contributed by atoms with E-state index in [0.29, 0.717) is 18.0 Å². The summed E-state index contributed by atoms with van der Waals surface area (Å²) in [5, 5.41) is 20.2. The van der Waals surface area contributed by atoms with Gasteiger partial charge < -0.3 is 14.9 Å². The fraction of sp³-hybridized carbons (Fsp3) is 0.625. The molecule has 4 nitrogen and oxygen atoms in total. The Kier molecular flexibility index (Phi) is 5.63. The van der Waals surface area contributed by atoms with Gasteiger partial charge in [0.15, 0.2) is 0 Å². The molecule has 0 aromatic heterocycles. The SMILES string of the molecule is CC1(C)CN(CCC(O)c2ccccc2Cl)CC(CO)O1. The molecule has 118 valence electrons. The number of aliphatic hydroxyl groups is 2. The average molecular weight is 314 g/mol. The van der Waals surface area contributed by atoms with Crippen LogP contribution < -0.4 is 0 Å². The highest BCUT2D eigenvalue weighted by Gasteiger charge is 2.33. The number of hydrogen-bond donors (Lipinski definition) is 2. The third-order valence-corrected chi connectivity index (χ3v) is 4.08. The Balaban J connectivity index is 1.91. The molecule has 2 unspecified atom stereocenters. The standard InChI is InChI=1S/C16H24ClNO3/c1-16(2)11-18(9-12(10-19)21-16)8-7-15(20)13-5-3-4-6-14(13)17/h3-6,12,15,19-20H,7-11H2,1-2H3. The summed E-state index contributed by atoms with van der Waals surface area (Å²) in [6, 6.07) is 7.38. The first-order valence-corrected chi connectivity index (χ1v) is 7.72. The summed E-state index contributed by atoms with van der Waals surface area (Å²) in [4.78, 5) is 2.23. The normalized spacial score (nSPS) is 24.0. The van der Waals surface area contributed by atoms with E-state index >= 15 is 0 Å². The predicted octanol–water partition coefficient (Wildman–Crippen LogP) is 2.24. The molecule has 0 saturated carbocycles. The van der Waals surface area contributed by atoms with Gasteiger partial charge >= 0.3 is 0 Å². The van der Waals surface area contributed by atoms with E-state index < -0.39 is 6.10 Å². The number of halogens is 1. The van der Waals surface area contributed by atoms with Gasteiger partial charge in [-0.05, 0) is 31.9 Å². The van der Waals surface area contributed by atoms with Crippen molar-refractivity contribution in [2.75, 3.05) is 26.2 Å². The van der Waals surface area contributed by atoms with Crippen molar-refractivity contribution < 1.29 is 14.9 Å². The largest absolute Gasteiger partial charge is 0.394 e. The van der Waals surface area contributed by atoms with Crippen molar-refractivity contribution in [1.29, 1.82) is 0 Å². The molecule has 21 heavy (non-hydrogen) atoms. The molecule has 1 fully saturated rings. The molecule has 0 spiro atoms. The fourth-order valence-corrected chi connectivity index (χ4v) is 3.15. The number of morpholine rings is 1. The van der Waals surface area contributed by atoms with E-state index in [0.717, 1.165) is 18.7 Å². The van der Waals surface area contributed by atoms with Gasteiger partial charge in [-0.25, -0.2) is 0 Å². The van der Waals surface area contributed by atoms with E-state index in [9.17, 15) is 10.2 Å². The highest BCUT2D eigenvalue weighted by molar-refractivity contribution is 6.31. The Morgan fingerprint density at radius 3 is 2.81 bits per heavy atom. The van der Waals surface area contributed by atoms with Crippen LogP contribution in [0.3, 0.4) is 0 Å². The lowest BCUT2D eigenvalue weighted by Gasteiger charge is -2.42. The van der Waals surface area contributed by atoms with Gasteiger partial charge in [-0.1, -0.05) is 29.8 Å². The van der Waals surface area contributed by atoms with Gasteiger partial charge in [0.25, 0.3) is 0 Å². The van der Waals surface area contributed by atoms with Crippen LogP contribution in [-0.4, -0.2) is 53.1 Å². The lowest BCUT2D eigenvalue weighted by atomic mass is 10.0. The van der Waals surface area contributed by atoms with Crippen LogP contribution in [0.1, 0.15) is 31.9 Å². The van der Waals surface area contributed by atoms with Gasteiger partial charge in [-0.3, -0.25) is 4.90 Å². The minimum Gasteiger partial charge on any atom is -0.394 e. The van der Waals surface area contributed by atoms with Crippen molar-refractivity contribution in [2.24, 2.45) is 0 Å². The van der Waals surface area contributed by atoms with Crippen molar-refractivity contribution in [2.45, 2.75) is 38.1 Å². The van der Waals surface area contributed by atoms with Gasteiger partial charge in [0.2, 0.25) is 0 Å². The maximum absolute atomic E-state index is 10.3. The van der Waals surface area contributed by atoms with E-state index in [-0.39, 0.29) is 18.3 Å². The Labute approximate surface area is 131 Å². The van der Waals surface area contributed by atoms with E-state index in [1.165, 1.54) is 0 Å². The molecule has 1 heterocycles. The summed E-state index contributed by atoms with van der Waals surface area (Å²) in [5.74, 6) is 0. The minimum absolute atomic E-state index is 0.0208. The van der Waals surface area contributed by atoms with E-state index in [1.54, 1.807) is 6.07 Å². The van der Waals surface area contributed by atoms with Gasteiger partial charge in [0, 0.05) is 24.7 Å². The predicted molar refractivity (Wildman–Crippen MR) is 83.5 cm³/mol. The van der Waals surface area contributed by atoms with E-state index in [1.807, 2.05) is 32.0 Å². The van der Waals surface area contributed by atoms with Crippen LogP contribution in [0, 0.1) is 0 Å². The Morgan fingerprint density at radius 2 is 2.14 bits per heavy atom. The number of nitrogens with zero attached hydrogens (tertiary/aromatic N) is 1. The first-order chi connectivity index (χ1) is 9.91. The molecule has 0 radical (unpaired) electrons. The summed E-state index contributed by atoms with van der Waals surface area (Å²) in [6.07, 6.45) is -0.124. The molecule has 1 aromatic carbocycles. The Hall–Kier alpha value is -0.650. The molecular formula is C16H24ClNO3.